The van der Waals surface area contributed by atoms with Gasteiger partial charge in [-0.15, -0.1) is 0 Å². The van der Waals surface area contributed by atoms with E-state index in [0.29, 0.717) is 19.2 Å². The molecule has 3 heterocycles. The molecule has 7 heteroatoms. The molecule has 0 bridgehead atoms. The van der Waals surface area contributed by atoms with Gasteiger partial charge in [0.1, 0.15) is 17.2 Å². The van der Waals surface area contributed by atoms with Crippen molar-refractivity contribution in [3.05, 3.63) is 36.0 Å². The average Bonchev–Trinajstić information content (AvgIpc) is 3.03. The summed E-state index contributed by atoms with van der Waals surface area (Å²) in [7, 11) is 1.66. The Labute approximate surface area is 146 Å². The van der Waals surface area contributed by atoms with Crippen molar-refractivity contribution >= 4 is 28.5 Å². The van der Waals surface area contributed by atoms with E-state index in [0.717, 1.165) is 47.1 Å². The van der Waals surface area contributed by atoms with E-state index in [1.54, 1.807) is 7.11 Å². The topological polar surface area (TPSA) is 75.3 Å². The van der Waals surface area contributed by atoms with Crippen LogP contribution in [-0.4, -0.2) is 48.4 Å². The summed E-state index contributed by atoms with van der Waals surface area (Å²) in [6.45, 7) is 5.02. The van der Waals surface area contributed by atoms with Crippen LogP contribution in [0.15, 0.2) is 30.3 Å². The van der Waals surface area contributed by atoms with E-state index in [1.807, 2.05) is 31.2 Å². The molecule has 1 saturated heterocycles. The zero-order valence-corrected chi connectivity index (χ0v) is 14.4. The van der Waals surface area contributed by atoms with Gasteiger partial charge in [-0.05, 0) is 37.3 Å². The highest BCUT2D eigenvalue weighted by Crippen LogP contribution is 2.28. The fourth-order valence-electron chi connectivity index (χ4n) is 2.94. The molecule has 1 fully saturated rings. The van der Waals surface area contributed by atoms with E-state index in [9.17, 15) is 0 Å². The highest BCUT2D eigenvalue weighted by atomic mass is 16.5. The highest BCUT2D eigenvalue weighted by molar-refractivity contribution is 5.90. The lowest BCUT2D eigenvalue weighted by atomic mass is 10.3. The van der Waals surface area contributed by atoms with Gasteiger partial charge < -0.3 is 24.7 Å². The number of rotatable bonds is 4. The summed E-state index contributed by atoms with van der Waals surface area (Å²) < 4.78 is 10.6. The zero-order chi connectivity index (χ0) is 17.2. The SMILES string of the molecule is COc1ccc(Nc2nc(N3CCOCC3)nc3[nH]c(C)cc23)cc1. The number of morpholine rings is 1. The van der Waals surface area contributed by atoms with Crippen LogP contribution in [-0.2, 0) is 4.74 Å². The number of methoxy groups -OCH3 is 1. The molecule has 0 unspecified atom stereocenters. The van der Waals surface area contributed by atoms with Gasteiger partial charge in [-0.1, -0.05) is 0 Å². The molecule has 0 atom stereocenters. The predicted octanol–water partition coefficient (Wildman–Crippen LogP) is 2.86. The maximum Gasteiger partial charge on any atom is 0.229 e. The lowest BCUT2D eigenvalue weighted by Crippen LogP contribution is -2.37. The van der Waals surface area contributed by atoms with Crippen LogP contribution in [0.1, 0.15) is 5.69 Å². The van der Waals surface area contributed by atoms with E-state index >= 15 is 0 Å². The molecular weight excluding hydrogens is 318 g/mol. The Kier molecular flexibility index (Phi) is 4.15. The number of anilines is 3. The maximum atomic E-state index is 5.43. The van der Waals surface area contributed by atoms with Crippen LogP contribution >= 0.6 is 0 Å². The van der Waals surface area contributed by atoms with Gasteiger partial charge in [-0.25, -0.2) is 0 Å². The largest absolute Gasteiger partial charge is 0.497 e. The van der Waals surface area contributed by atoms with Crippen LogP contribution in [0.4, 0.5) is 17.5 Å². The van der Waals surface area contributed by atoms with Gasteiger partial charge >= 0.3 is 0 Å². The van der Waals surface area contributed by atoms with E-state index in [4.69, 9.17) is 19.4 Å². The van der Waals surface area contributed by atoms with Crippen molar-refractivity contribution in [3.8, 4) is 5.75 Å². The summed E-state index contributed by atoms with van der Waals surface area (Å²) in [6, 6.07) is 9.85. The van der Waals surface area contributed by atoms with Crippen LogP contribution in [0, 0.1) is 6.92 Å². The fraction of sp³-hybridized carbons (Fsp3) is 0.333. The molecule has 0 spiro atoms. The molecule has 4 rings (SSSR count). The summed E-state index contributed by atoms with van der Waals surface area (Å²) in [5.41, 5.74) is 2.85. The van der Waals surface area contributed by atoms with Gasteiger partial charge in [-0.3, -0.25) is 0 Å². The molecule has 0 radical (unpaired) electrons. The summed E-state index contributed by atoms with van der Waals surface area (Å²) in [6.07, 6.45) is 0. The van der Waals surface area contributed by atoms with Crippen molar-refractivity contribution in [3.63, 3.8) is 0 Å². The maximum absolute atomic E-state index is 5.43. The molecule has 1 aliphatic heterocycles. The normalized spacial score (nSPS) is 14.7. The first-order valence-electron chi connectivity index (χ1n) is 8.34. The van der Waals surface area contributed by atoms with E-state index < -0.39 is 0 Å². The zero-order valence-electron chi connectivity index (χ0n) is 14.4. The third-order valence-corrected chi connectivity index (χ3v) is 4.26. The standard InChI is InChI=1S/C18H21N5O2/c1-12-11-15-16(19-12)21-18(23-7-9-25-10-8-23)22-17(15)20-13-3-5-14(24-2)6-4-13/h3-6,11H,7-10H2,1-2H3,(H2,19,20,21,22). The molecule has 0 saturated carbocycles. The van der Waals surface area contributed by atoms with Crippen molar-refractivity contribution in [2.45, 2.75) is 6.92 Å². The van der Waals surface area contributed by atoms with E-state index in [-0.39, 0.29) is 0 Å². The number of nitrogens with one attached hydrogen (secondary N) is 2. The molecule has 2 N–H and O–H groups in total. The van der Waals surface area contributed by atoms with Crippen molar-refractivity contribution in [1.29, 1.82) is 0 Å². The molecule has 1 aromatic carbocycles. The van der Waals surface area contributed by atoms with Crippen LogP contribution in [0.3, 0.4) is 0 Å². The highest BCUT2D eigenvalue weighted by Gasteiger charge is 2.17. The number of H-pyrrole nitrogens is 1. The monoisotopic (exact) mass is 339 g/mol. The summed E-state index contributed by atoms with van der Waals surface area (Å²) in [5.74, 6) is 2.33. The van der Waals surface area contributed by atoms with Gasteiger partial charge in [0.05, 0.1) is 25.7 Å². The minimum atomic E-state index is 0.701. The first-order valence-corrected chi connectivity index (χ1v) is 8.34. The Morgan fingerprint density at radius 1 is 1.16 bits per heavy atom. The third kappa shape index (κ3) is 3.23. The van der Waals surface area contributed by atoms with Crippen molar-refractivity contribution in [2.75, 3.05) is 43.6 Å². The molecular formula is C18H21N5O2. The van der Waals surface area contributed by atoms with Crippen LogP contribution in [0.5, 0.6) is 5.75 Å². The van der Waals surface area contributed by atoms with E-state index in [1.165, 1.54) is 0 Å². The van der Waals surface area contributed by atoms with Gasteiger partial charge in [-0.2, -0.15) is 9.97 Å². The molecule has 0 aliphatic carbocycles. The number of hydrogen-bond donors (Lipinski definition) is 2. The molecule has 1 aliphatic rings. The number of aromatic amines is 1. The van der Waals surface area contributed by atoms with Crippen molar-refractivity contribution in [2.24, 2.45) is 0 Å². The lowest BCUT2D eigenvalue weighted by molar-refractivity contribution is 0.122. The number of aryl methyl sites for hydroxylation is 1. The number of hydrogen-bond acceptors (Lipinski definition) is 6. The van der Waals surface area contributed by atoms with Gasteiger partial charge in [0.2, 0.25) is 5.95 Å². The third-order valence-electron chi connectivity index (χ3n) is 4.26. The first-order chi connectivity index (χ1) is 12.2. The summed E-state index contributed by atoms with van der Waals surface area (Å²) in [5, 5.41) is 4.38. The number of benzene rings is 1. The minimum absolute atomic E-state index is 0.701. The summed E-state index contributed by atoms with van der Waals surface area (Å²) in [4.78, 5) is 14.9. The van der Waals surface area contributed by atoms with Crippen LogP contribution in [0.25, 0.3) is 11.0 Å². The Hall–Kier alpha value is -2.80. The van der Waals surface area contributed by atoms with Crippen LogP contribution in [0.2, 0.25) is 0 Å². The second-order valence-electron chi connectivity index (χ2n) is 6.04. The Balaban J connectivity index is 1.71. The van der Waals surface area contributed by atoms with E-state index in [2.05, 4.69) is 21.3 Å². The second-order valence-corrected chi connectivity index (χ2v) is 6.04. The number of nitrogens with zero attached hydrogens (tertiary/aromatic N) is 3. The molecule has 0 amide bonds. The number of ether oxygens (including phenoxy) is 2. The average molecular weight is 339 g/mol. The number of aromatic nitrogens is 3. The second kappa shape index (κ2) is 6.60. The lowest BCUT2D eigenvalue weighted by Gasteiger charge is -2.27. The molecule has 25 heavy (non-hydrogen) atoms. The molecule has 3 aromatic rings. The minimum Gasteiger partial charge on any atom is -0.497 e. The molecule has 130 valence electrons. The Bertz CT molecular complexity index is 869. The van der Waals surface area contributed by atoms with Gasteiger partial charge in [0.15, 0.2) is 0 Å². The fourth-order valence-corrected chi connectivity index (χ4v) is 2.94. The molecule has 2 aromatic heterocycles. The molecule has 7 nitrogen and oxygen atoms in total. The quantitative estimate of drug-likeness (QED) is 0.761. The van der Waals surface area contributed by atoms with Gasteiger partial charge in [0, 0.05) is 24.5 Å². The van der Waals surface area contributed by atoms with Crippen molar-refractivity contribution < 1.29 is 9.47 Å². The first kappa shape index (κ1) is 15.7. The Morgan fingerprint density at radius 3 is 2.64 bits per heavy atom. The van der Waals surface area contributed by atoms with Gasteiger partial charge in [0.25, 0.3) is 0 Å². The van der Waals surface area contributed by atoms with Crippen molar-refractivity contribution in [1.82, 2.24) is 15.0 Å². The smallest absolute Gasteiger partial charge is 0.229 e. The number of fused-ring (bicyclic) bond motifs is 1. The predicted molar refractivity (Wildman–Crippen MR) is 97.9 cm³/mol. The van der Waals surface area contributed by atoms with Crippen LogP contribution < -0.4 is 15.0 Å². The Morgan fingerprint density at radius 2 is 1.92 bits per heavy atom. The summed E-state index contributed by atoms with van der Waals surface area (Å²) >= 11 is 0.